The number of esters is 1. The van der Waals surface area contributed by atoms with Crippen LogP contribution in [0.15, 0.2) is 51.9 Å². The van der Waals surface area contributed by atoms with Gasteiger partial charge in [-0.05, 0) is 55.0 Å². The maximum Gasteiger partial charge on any atom is 0.361 e. The number of hydrogen-bond acceptors (Lipinski definition) is 8. The molecule has 3 aromatic rings. The van der Waals surface area contributed by atoms with Crippen LogP contribution in [0.4, 0.5) is 5.69 Å². The normalized spacial score (nSPS) is 13.1. The van der Waals surface area contributed by atoms with E-state index in [1.165, 1.54) is 36.0 Å². The monoisotopic (exact) mass is 472 g/mol. The molecule has 32 heavy (non-hydrogen) atoms. The molecule has 8 nitrogen and oxygen atoms in total. The zero-order valence-electron chi connectivity index (χ0n) is 16.9. The maximum absolute atomic E-state index is 13.3. The highest BCUT2D eigenvalue weighted by Gasteiger charge is 2.38. The van der Waals surface area contributed by atoms with Crippen LogP contribution in [0.25, 0.3) is 0 Å². The minimum atomic E-state index is -0.820. The lowest BCUT2D eigenvalue weighted by molar-refractivity contribution is -0.384. The van der Waals surface area contributed by atoms with E-state index in [2.05, 4.69) is 5.16 Å². The lowest BCUT2D eigenvalue weighted by Crippen LogP contribution is -2.13. The second-order valence-electron chi connectivity index (χ2n) is 7.22. The number of nitro benzene ring substituents is 1. The van der Waals surface area contributed by atoms with Crippen LogP contribution in [0.2, 0.25) is 5.02 Å². The van der Waals surface area contributed by atoms with E-state index in [1.54, 1.807) is 18.2 Å². The Bertz CT molecular complexity index is 1200. The van der Waals surface area contributed by atoms with Gasteiger partial charge in [0.05, 0.1) is 9.95 Å². The Hall–Kier alpha value is -3.17. The third kappa shape index (κ3) is 4.53. The predicted octanol–water partition coefficient (Wildman–Crippen LogP) is 5.42. The molecule has 4 rings (SSSR count). The number of carbonyl (C=O) groups excluding carboxylic acids is 2. The predicted molar refractivity (Wildman–Crippen MR) is 117 cm³/mol. The topological polar surface area (TPSA) is 113 Å². The van der Waals surface area contributed by atoms with Gasteiger partial charge in [0.2, 0.25) is 11.5 Å². The highest BCUT2D eigenvalue weighted by atomic mass is 35.5. The fourth-order valence-corrected chi connectivity index (χ4v) is 3.93. The molecule has 1 aliphatic rings. The smallest absolute Gasteiger partial charge is 0.361 e. The van der Waals surface area contributed by atoms with Crippen LogP contribution >= 0.6 is 23.4 Å². The molecule has 1 fully saturated rings. The summed E-state index contributed by atoms with van der Waals surface area (Å²) in [7, 11) is 0. The van der Waals surface area contributed by atoms with Gasteiger partial charge in [-0.1, -0.05) is 16.8 Å². The molecular weight excluding hydrogens is 456 g/mol. The average molecular weight is 473 g/mol. The van der Waals surface area contributed by atoms with Gasteiger partial charge in [0, 0.05) is 28.5 Å². The van der Waals surface area contributed by atoms with Gasteiger partial charge in [-0.3, -0.25) is 14.9 Å². The standard InChI is InChI=1S/C22H17ClN2O6S/c1-32-15-8-9-16(17(23)10-15)20(26)18-19(24-31-21(18)13-4-5-13)22(27)30-11-12-2-6-14(7-3-12)25(28)29/h2-3,6-10,13H,4-5,11H2,1H3. The molecule has 0 radical (unpaired) electrons. The molecule has 0 amide bonds. The lowest BCUT2D eigenvalue weighted by Gasteiger charge is -2.07. The van der Waals surface area contributed by atoms with E-state index in [1.807, 2.05) is 6.26 Å². The molecule has 0 spiro atoms. The molecule has 0 bridgehead atoms. The summed E-state index contributed by atoms with van der Waals surface area (Å²) in [5.41, 5.74) is 0.601. The minimum Gasteiger partial charge on any atom is -0.456 e. The molecule has 0 saturated heterocycles. The number of hydrogen-bond donors (Lipinski definition) is 0. The van der Waals surface area contributed by atoms with E-state index in [4.69, 9.17) is 20.9 Å². The maximum atomic E-state index is 13.3. The Labute approximate surface area is 192 Å². The van der Waals surface area contributed by atoms with Crippen molar-refractivity contribution in [3.8, 4) is 0 Å². The first-order chi connectivity index (χ1) is 15.4. The van der Waals surface area contributed by atoms with E-state index < -0.39 is 16.7 Å². The fraction of sp³-hybridized carbons (Fsp3) is 0.227. The molecule has 0 unspecified atom stereocenters. The van der Waals surface area contributed by atoms with Crippen LogP contribution < -0.4 is 0 Å². The summed E-state index contributed by atoms with van der Waals surface area (Å²) in [6.45, 7) is -0.140. The highest BCUT2D eigenvalue weighted by molar-refractivity contribution is 7.98. The van der Waals surface area contributed by atoms with Gasteiger partial charge < -0.3 is 9.26 Å². The Balaban J connectivity index is 1.58. The van der Waals surface area contributed by atoms with Gasteiger partial charge >= 0.3 is 5.97 Å². The van der Waals surface area contributed by atoms with E-state index in [0.717, 1.165) is 17.7 Å². The Morgan fingerprint density at radius 1 is 1.25 bits per heavy atom. The van der Waals surface area contributed by atoms with Gasteiger partial charge in [0.15, 0.2) is 5.76 Å². The molecular formula is C22H17ClN2O6S. The molecule has 10 heteroatoms. The molecule has 0 atom stereocenters. The highest BCUT2D eigenvalue weighted by Crippen LogP contribution is 2.43. The van der Waals surface area contributed by atoms with Crippen molar-refractivity contribution in [1.82, 2.24) is 5.16 Å². The fourth-order valence-electron chi connectivity index (χ4n) is 3.16. The summed E-state index contributed by atoms with van der Waals surface area (Å²) >= 11 is 7.82. The summed E-state index contributed by atoms with van der Waals surface area (Å²) in [6, 6.07) is 10.7. The number of rotatable bonds is 8. The van der Waals surface area contributed by atoms with Crippen LogP contribution in [0.3, 0.4) is 0 Å². The number of thioether (sulfide) groups is 1. The second-order valence-corrected chi connectivity index (χ2v) is 8.51. The van der Waals surface area contributed by atoms with Crippen molar-refractivity contribution in [2.24, 2.45) is 0 Å². The van der Waals surface area contributed by atoms with Crippen molar-refractivity contribution in [2.45, 2.75) is 30.3 Å². The van der Waals surface area contributed by atoms with Crippen LogP contribution in [-0.4, -0.2) is 28.1 Å². The van der Waals surface area contributed by atoms with E-state index >= 15 is 0 Å². The van der Waals surface area contributed by atoms with Crippen LogP contribution in [0.5, 0.6) is 0 Å². The number of non-ortho nitro benzene ring substituents is 1. The number of carbonyl (C=O) groups is 2. The lowest BCUT2D eigenvalue weighted by atomic mass is 9.99. The number of aromatic nitrogens is 1. The first kappa shape index (κ1) is 22.0. The van der Waals surface area contributed by atoms with Crippen molar-refractivity contribution >= 4 is 40.8 Å². The molecule has 0 aliphatic heterocycles. The van der Waals surface area contributed by atoms with Crippen LogP contribution in [0.1, 0.15) is 56.5 Å². The third-order valence-electron chi connectivity index (χ3n) is 5.03. The SMILES string of the molecule is CSc1ccc(C(=O)c2c(C(=O)OCc3ccc([N+](=O)[O-])cc3)noc2C2CC2)c(Cl)c1. The van der Waals surface area contributed by atoms with Gasteiger partial charge in [-0.2, -0.15) is 0 Å². The third-order valence-corrected chi connectivity index (χ3v) is 6.06. The summed E-state index contributed by atoms with van der Waals surface area (Å²) in [6.07, 6.45) is 3.58. The van der Waals surface area contributed by atoms with Crippen LogP contribution in [0, 0.1) is 10.1 Å². The van der Waals surface area contributed by atoms with Gasteiger partial charge in [0.1, 0.15) is 12.2 Å². The number of ether oxygens (including phenoxy) is 1. The Morgan fingerprint density at radius 2 is 1.97 bits per heavy atom. The zero-order chi connectivity index (χ0) is 22.8. The van der Waals surface area contributed by atoms with E-state index in [-0.39, 0.29) is 40.1 Å². The number of nitro groups is 1. The van der Waals surface area contributed by atoms with E-state index in [9.17, 15) is 19.7 Å². The molecule has 1 saturated carbocycles. The van der Waals surface area contributed by atoms with Gasteiger partial charge in [-0.15, -0.1) is 11.8 Å². The summed E-state index contributed by atoms with van der Waals surface area (Å²) < 4.78 is 10.7. The van der Waals surface area contributed by atoms with Gasteiger partial charge in [0.25, 0.3) is 5.69 Å². The number of halogens is 1. The van der Waals surface area contributed by atoms with Crippen molar-refractivity contribution in [2.75, 3.05) is 6.26 Å². The molecule has 164 valence electrons. The largest absolute Gasteiger partial charge is 0.456 e. The van der Waals surface area contributed by atoms with Gasteiger partial charge in [-0.25, -0.2) is 4.79 Å². The molecule has 2 aromatic carbocycles. The van der Waals surface area contributed by atoms with Crippen molar-refractivity contribution in [1.29, 1.82) is 0 Å². The first-order valence-electron chi connectivity index (χ1n) is 9.67. The molecule has 0 N–H and O–H groups in total. The minimum absolute atomic E-state index is 0.0296. The molecule has 1 heterocycles. The van der Waals surface area contributed by atoms with Crippen LogP contribution in [-0.2, 0) is 11.3 Å². The quantitative estimate of drug-likeness (QED) is 0.140. The van der Waals surface area contributed by atoms with E-state index in [0.29, 0.717) is 11.3 Å². The Kier molecular flexibility index (Phi) is 6.29. The number of ketones is 1. The summed E-state index contributed by atoms with van der Waals surface area (Å²) in [5.74, 6) is -0.878. The van der Waals surface area contributed by atoms with Crippen molar-refractivity contribution in [3.63, 3.8) is 0 Å². The summed E-state index contributed by atoms with van der Waals surface area (Å²) in [5, 5.41) is 14.9. The van der Waals surface area contributed by atoms with Crippen molar-refractivity contribution in [3.05, 3.63) is 85.7 Å². The number of benzene rings is 2. The zero-order valence-corrected chi connectivity index (χ0v) is 18.4. The molecule has 1 aliphatic carbocycles. The molecule has 1 aromatic heterocycles. The first-order valence-corrected chi connectivity index (χ1v) is 11.3. The average Bonchev–Trinajstić information content (AvgIpc) is 3.55. The van der Waals surface area contributed by atoms with Crippen molar-refractivity contribution < 1.29 is 23.8 Å². The second kappa shape index (κ2) is 9.13. The number of nitrogens with zero attached hydrogens (tertiary/aromatic N) is 2. The Morgan fingerprint density at radius 3 is 2.56 bits per heavy atom. The summed E-state index contributed by atoms with van der Waals surface area (Å²) in [4.78, 5) is 37.2.